The molecular weight excluding hydrogens is 432 g/mol. The van der Waals surface area contributed by atoms with Gasteiger partial charge in [-0.15, -0.1) is 0 Å². The van der Waals surface area contributed by atoms with Crippen LogP contribution in [-0.4, -0.2) is 55.6 Å². The molecule has 0 aliphatic heterocycles. The fourth-order valence-corrected chi connectivity index (χ4v) is 4.57. The molecule has 1 aliphatic carbocycles. The molecule has 0 unspecified atom stereocenters. The first kappa shape index (κ1) is 21.9. The third-order valence-corrected chi connectivity index (χ3v) is 6.32. The van der Waals surface area contributed by atoms with Gasteiger partial charge in [-0.05, 0) is 37.8 Å². The zero-order chi connectivity index (χ0) is 23.7. The third kappa shape index (κ3) is 4.07. The molecule has 0 aromatic carbocycles. The Labute approximate surface area is 197 Å². The number of nitrogens with one attached hydrogen (secondary N) is 2. The number of rotatable bonds is 6. The Hall–Kier alpha value is -3.95. The Morgan fingerprint density at radius 3 is 2.68 bits per heavy atom. The van der Waals surface area contributed by atoms with Crippen LogP contribution >= 0.6 is 0 Å². The van der Waals surface area contributed by atoms with Gasteiger partial charge in [-0.3, -0.25) is 14.2 Å². The maximum absolute atomic E-state index is 12.1. The quantitative estimate of drug-likeness (QED) is 0.454. The maximum Gasteiger partial charge on any atom is 0.273 e. The molecule has 34 heavy (non-hydrogen) atoms. The lowest BCUT2D eigenvalue weighted by Gasteiger charge is -2.30. The number of ether oxygens (including phenoxy) is 1. The number of hydrogen-bond donors (Lipinski definition) is 2. The lowest BCUT2D eigenvalue weighted by atomic mass is 9.93. The van der Waals surface area contributed by atoms with Gasteiger partial charge in [0.15, 0.2) is 11.4 Å². The molecule has 0 atom stereocenters. The van der Waals surface area contributed by atoms with Crippen LogP contribution < -0.4 is 15.4 Å². The highest BCUT2D eigenvalue weighted by molar-refractivity contribution is 5.95. The Morgan fingerprint density at radius 2 is 1.97 bits per heavy atom. The number of aromatic nitrogens is 6. The Balaban J connectivity index is 1.38. The number of pyridine rings is 2. The van der Waals surface area contributed by atoms with Crippen LogP contribution in [0.1, 0.15) is 42.2 Å². The summed E-state index contributed by atoms with van der Waals surface area (Å²) in [5, 5.41) is 16.1. The fourth-order valence-electron chi connectivity index (χ4n) is 4.57. The number of nitrogens with zero attached hydrogens (tertiary/aromatic N) is 6. The van der Waals surface area contributed by atoms with Gasteiger partial charge in [0.05, 0.1) is 23.9 Å². The van der Waals surface area contributed by atoms with Gasteiger partial charge in [-0.1, -0.05) is 0 Å². The number of carbonyl (C=O) groups is 1. The summed E-state index contributed by atoms with van der Waals surface area (Å²) in [5.41, 5.74) is 3.23. The zero-order valence-corrected chi connectivity index (χ0v) is 19.5. The molecule has 0 spiro atoms. The zero-order valence-electron chi connectivity index (χ0n) is 19.5. The molecule has 1 fully saturated rings. The molecule has 10 nitrogen and oxygen atoms in total. The summed E-state index contributed by atoms with van der Waals surface area (Å²) in [6.07, 6.45) is 10.9. The van der Waals surface area contributed by atoms with E-state index in [1.807, 2.05) is 32.7 Å². The van der Waals surface area contributed by atoms with E-state index in [4.69, 9.17) is 9.84 Å². The molecule has 1 aliphatic rings. The summed E-state index contributed by atoms with van der Waals surface area (Å²) in [5.74, 6) is 1.09. The number of hydrogen-bond acceptors (Lipinski definition) is 7. The second kappa shape index (κ2) is 9.12. The van der Waals surface area contributed by atoms with Crippen LogP contribution in [0.15, 0.2) is 43.0 Å². The second-order valence-electron chi connectivity index (χ2n) is 8.51. The van der Waals surface area contributed by atoms with Crippen LogP contribution in [0.25, 0.3) is 22.2 Å². The third-order valence-electron chi connectivity index (χ3n) is 6.32. The van der Waals surface area contributed by atoms with E-state index in [-0.39, 0.29) is 18.1 Å². The van der Waals surface area contributed by atoms with Crippen LogP contribution in [0.5, 0.6) is 5.75 Å². The Bertz CT molecular complexity index is 1320. The SMILES string of the molecule is CNC(=O)c1ncccc1O[C@H]1CC[C@@H](n2nc(-c3cnn(C)c3)c3cnc(NC)cc32)CC1. The summed E-state index contributed by atoms with van der Waals surface area (Å²) in [7, 11) is 5.36. The van der Waals surface area contributed by atoms with Crippen molar-refractivity contribution in [2.45, 2.75) is 37.8 Å². The van der Waals surface area contributed by atoms with Crippen molar-refractivity contribution < 1.29 is 9.53 Å². The van der Waals surface area contributed by atoms with Crippen molar-refractivity contribution in [3.63, 3.8) is 0 Å². The van der Waals surface area contributed by atoms with Crippen LogP contribution in [0.3, 0.4) is 0 Å². The minimum Gasteiger partial charge on any atom is -0.488 e. The van der Waals surface area contributed by atoms with Crippen LogP contribution in [0.4, 0.5) is 5.82 Å². The fraction of sp³-hybridized carbons (Fsp3) is 0.375. The number of anilines is 1. The van der Waals surface area contributed by atoms with Gasteiger partial charge in [0, 0.05) is 56.7 Å². The normalized spacial score (nSPS) is 18.1. The Kier molecular flexibility index (Phi) is 5.87. The summed E-state index contributed by atoms with van der Waals surface area (Å²) in [6, 6.07) is 5.89. The summed E-state index contributed by atoms with van der Waals surface area (Å²) < 4.78 is 10.1. The van der Waals surface area contributed by atoms with E-state index >= 15 is 0 Å². The molecule has 4 heterocycles. The standard InChI is InChI=1S/C24H28N8O2/c1-25-21-11-19-18(13-28-21)22(15-12-29-31(3)14-15)30-32(19)16-6-8-17(9-7-16)34-20-5-4-10-27-23(20)24(33)26-2/h4-5,10-14,16-17H,6-9H2,1-3H3,(H,25,28)(H,26,33)/t16-,17+. The summed E-state index contributed by atoms with van der Waals surface area (Å²) in [4.78, 5) is 20.8. The molecule has 1 saturated carbocycles. The van der Waals surface area contributed by atoms with Crippen LogP contribution in [-0.2, 0) is 7.05 Å². The molecule has 1 amide bonds. The average Bonchev–Trinajstić information content (AvgIpc) is 3.47. The van der Waals surface area contributed by atoms with Gasteiger partial charge in [0.2, 0.25) is 0 Å². The van der Waals surface area contributed by atoms with Gasteiger partial charge in [0.1, 0.15) is 11.5 Å². The smallest absolute Gasteiger partial charge is 0.273 e. The van der Waals surface area contributed by atoms with Crippen molar-refractivity contribution in [2.75, 3.05) is 19.4 Å². The van der Waals surface area contributed by atoms with E-state index in [1.165, 1.54) is 0 Å². The lowest BCUT2D eigenvalue weighted by Crippen LogP contribution is -2.28. The minimum absolute atomic E-state index is 0.0259. The number of carbonyl (C=O) groups excluding carboxylic acids is 1. The highest BCUT2D eigenvalue weighted by atomic mass is 16.5. The molecule has 4 aromatic heterocycles. The molecule has 0 bridgehead atoms. The number of aryl methyl sites for hydroxylation is 1. The van der Waals surface area contributed by atoms with Gasteiger partial charge >= 0.3 is 0 Å². The highest BCUT2D eigenvalue weighted by Crippen LogP contribution is 2.36. The van der Waals surface area contributed by atoms with Crippen molar-refractivity contribution in [1.29, 1.82) is 0 Å². The van der Waals surface area contributed by atoms with Crippen molar-refractivity contribution in [3.05, 3.63) is 48.7 Å². The molecule has 5 rings (SSSR count). The first-order valence-corrected chi connectivity index (χ1v) is 11.5. The predicted molar refractivity (Wildman–Crippen MR) is 129 cm³/mol. The molecule has 176 valence electrons. The van der Waals surface area contributed by atoms with Gasteiger partial charge in [-0.25, -0.2) is 9.97 Å². The lowest BCUT2D eigenvalue weighted by molar-refractivity contribution is 0.0939. The number of fused-ring (bicyclic) bond motifs is 1. The van der Waals surface area contributed by atoms with Crippen molar-refractivity contribution in [1.82, 2.24) is 34.8 Å². The number of amides is 1. The van der Waals surface area contributed by atoms with Gasteiger partial charge in [-0.2, -0.15) is 10.2 Å². The van der Waals surface area contributed by atoms with Gasteiger partial charge < -0.3 is 15.4 Å². The van der Waals surface area contributed by atoms with E-state index < -0.39 is 0 Å². The molecule has 10 heteroatoms. The average molecular weight is 461 g/mol. The first-order chi connectivity index (χ1) is 16.6. The van der Waals surface area contributed by atoms with Crippen LogP contribution in [0.2, 0.25) is 0 Å². The van der Waals surface area contributed by atoms with E-state index in [1.54, 1.807) is 30.1 Å². The summed E-state index contributed by atoms with van der Waals surface area (Å²) in [6.45, 7) is 0. The minimum atomic E-state index is -0.246. The largest absolute Gasteiger partial charge is 0.488 e. The first-order valence-electron chi connectivity index (χ1n) is 11.5. The molecule has 0 saturated heterocycles. The molecular formula is C24H28N8O2. The topological polar surface area (TPSA) is 112 Å². The van der Waals surface area contributed by atoms with Crippen LogP contribution in [0, 0.1) is 0 Å². The van der Waals surface area contributed by atoms with E-state index in [9.17, 15) is 4.79 Å². The van der Waals surface area contributed by atoms with E-state index in [0.29, 0.717) is 11.4 Å². The van der Waals surface area contributed by atoms with Gasteiger partial charge in [0.25, 0.3) is 5.91 Å². The maximum atomic E-state index is 12.1. The molecule has 4 aromatic rings. The Morgan fingerprint density at radius 1 is 1.15 bits per heavy atom. The predicted octanol–water partition coefficient (Wildman–Crippen LogP) is 3.19. The van der Waals surface area contributed by atoms with Crippen molar-refractivity contribution >= 4 is 22.6 Å². The van der Waals surface area contributed by atoms with E-state index in [0.717, 1.165) is 53.7 Å². The molecule has 2 N–H and O–H groups in total. The second-order valence-corrected chi connectivity index (χ2v) is 8.51. The van der Waals surface area contributed by atoms with E-state index in [2.05, 4.69) is 36.4 Å². The monoisotopic (exact) mass is 460 g/mol. The molecule has 0 radical (unpaired) electrons. The van der Waals surface area contributed by atoms with Crippen molar-refractivity contribution in [3.8, 4) is 17.0 Å². The van der Waals surface area contributed by atoms with Crippen molar-refractivity contribution in [2.24, 2.45) is 7.05 Å². The highest BCUT2D eigenvalue weighted by Gasteiger charge is 2.28. The summed E-state index contributed by atoms with van der Waals surface area (Å²) >= 11 is 0.